The van der Waals surface area contributed by atoms with Gasteiger partial charge in [0.2, 0.25) is 0 Å². The summed E-state index contributed by atoms with van der Waals surface area (Å²) in [4.78, 5) is 15.2. The van der Waals surface area contributed by atoms with Crippen molar-refractivity contribution in [3.8, 4) is 0 Å². The molecule has 20 heavy (non-hydrogen) atoms. The van der Waals surface area contributed by atoms with Crippen molar-refractivity contribution < 1.29 is 18.3 Å². The maximum Gasteiger partial charge on any atom is 0.320 e. The third-order valence-corrected chi connectivity index (χ3v) is 6.34. The van der Waals surface area contributed by atoms with E-state index in [0.29, 0.717) is 13.1 Å². The predicted octanol–water partition coefficient (Wildman–Crippen LogP) is 0.0428. The fraction of sp³-hybridized carbons (Fsp3) is 0.923. The van der Waals surface area contributed by atoms with Gasteiger partial charge in [0.05, 0.1) is 5.25 Å². The Kier molecular flexibility index (Phi) is 4.71. The second kappa shape index (κ2) is 5.99. The van der Waals surface area contributed by atoms with Crippen molar-refractivity contribution in [2.45, 2.75) is 43.5 Å². The summed E-state index contributed by atoms with van der Waals surface area (Å²) in [6.45, 7) is 4.61. The molecule has 1 aliphatic carbocycles. The number of nitrogens with zero attached hydrogens (tertiary/aromatic N) is 2. The maximum atomic E-state index is 11.8. The van der Waals surface area contributed by atoms with Gasteiger partial charge < -0.3 is 5.11 Å². The molecule has 0 aromatic rings. The minimum Gasteiger partial charge on any atom is -0.480 e. The lowest BCUT2D eigenvalue weighted by Crippen LogP contribution is -2.56. The van der Waals surface area contributed by atoms with Gasteiger partial charge in [-0.05, 0) is 19.8 Å². The molecule has 2 aliphatic rings. The van der Waals surface area contributed by atoms with E-state index >= 15 is 0 Å². The molecule has 2 rings (SSSR count). The van der Waals surface area contributed by atoms with Gasteiger partial charge >= 0.3 is 5.97 Å². The van der Waals surface area contributed by atoms with Crippen molar-refractivity contribution in [2.75, 3.05) is 32.4 Å². The first-order chi connectivity index (χ1) is 9.30. The van der Waals surface area contributed by atoms with Crippen LogP contribution in [0, 0.1) is 0 Å². The number of rotatable bonds is 4. The zero-order valence-corrected chi connectivity index (χ0v) is 13.0. The molecule has 0 amide bonds. The molecule has 3 unspecified atom stereocenters. The molecule has 0 aromatic carbocycles. The van der Waals surface area contributed by atoms with Crippen molar-refractivity contribution in [3.63, 3.8) is 0 Å². The lowest BCUT2D eigenvalue weighted by atomic mass is 10.1. The summed E-state index contributed by atoms with van der Waals surface area (Å²) in [6.07, 6.45) is 3.99. The SMILES string of the molecule is CC(C(=O)O)N1CCN(C2CCCC2S(C)(=O)=O)CC1. The molecule has 1 saturated carbocycles. The van der Waals surface area contributed by atoms with Crippen molar-refractivity contribution in [1.82, 2.24) is 9.80 Å². The Bertz CT molecular complexity index is 457. The molecule has 7 heteroatoms. The third kappa shape index (κ3) is 3.32. The third-order valence-electron chi connectivity index (χ3n) is 4.69. The number of aliphatic carboxylic acids is 1. The van der Waals surface area contributed by atoms with Gasteiger partial charge in [-0.3, -0.25) is 14.6 Å². The van der Waals surface area contributed by atoms with Crippen molar-refractivity contribution in [3.05, 3.63) is 0 Å². The van der Waals surface area contributed by atoms with Crippen molar-refractivity contribution in [2.24, 2.45) is 0 Å². The summed E-state index contributed by atoms with van der Waals surface area (Å²) in [5, 5.41) is 8.78. The smallest absolute Gasteiger partial charge is 0.320 e. The highest BCUT2D eigenvalue weighted by Gasteiger charge is 2.39. The second-order valence-corrected chi connectivity index (χ2v) is 8.22. The van der Waals surface area contributed by atoms with Crippen LogP contribution in [-0.2, 0) is 14.6 Å². The first kappa shape index (κ1) is 15.7. The van der Waals surface area contributed by atoms with Crippen LogP contribution in [0.3, 0.4) is 0 Å². The summed E-state index contributed by atoms with van der Waals surface area (Å²) in [6, 6.07) is -0.348. The molecular formula is C13H24N2O4S. The first-order valence-electron chi connectivity index (χ1n) is 7.20. The van der Waals surface area contributed by atoms with E-state index in [4.69, 9.17) is 5.11 Å². The summed E-state index contributed by atoms with van der Waals surface area (Å²) >= 11 is 0. The van der Waals surface area contributed by atoms with Gasteiger partial charge in [-0.1, -0.05) is 6.42 Å². The van der Waals surface area contributed by atoms with Crippen LogP contribution in [0.25, 0.3) is 0 Å². The number of hydrogen-bond donors (Lipinski definition) is 1. The standard InChI is InChI=1S/C13H24N2O4S/c1-10(13(16)17)14-6-8-15(9-7-14)11-4-3-5-12(11)20(2,18)19/h10-12H,3-9H2,1-2H3,(H,16,17). The average Bonchev–Trinajstić information content (AvgIpc) is 2.87. The van der Waals surface area contributed by atoms with Crippen LogP contribution in [0.15, 0.2) is 0 Å². The van der Waals surface area contributed by atoms with Crippen LogP contribution >= 0.6 is 0 Å². The Labute approximate surface area is 120 Å². The first-order valence-corrected chi connectivity index (χ1v) is 9.16. The monoisotopic (exact) mass is 304 g/mol. The summed E-state index contributed by atoms with van der Waals surface area (Å²) < 4.78 is 23.7. The summed E-state index contributed by atoms with van der Waals surface area (Å²) in [7, 11) is -2.99. The number of sulfone groups is 1. The van der Waals surface area contributed by atoms with Gasteiger partial charge in [0.25, 0.3) is 0 Å². The van der Waals surface area contributed by atoms with Crippen LogP contribution in [0.5, 0.6) is 0 Å². The maximum absolute atomic E-state index is 11.8. The van der Waals surface area contributed by atoms with E-state index in [1.807, 2.05) is 4.90 Å². The lowest BCUT2D eigenvalue weighted by Gasteiger charge is -2.40. The Morgan fingerprint density at radius 3 is 2.30 bits per heavy atom. The van der Waals surface area contributed by atoms with Gasteiger partial charge in [0, 0.05) is 38.5 Å². The van der Waals surface area contributed by atoms with Gasteiger partial charge in [-0.15, -0.1) is 0 Å². The molecule has 6 nitrogen and oxygen atoms in total. The summed E-state index contributed by atoms with van der Waals surface area (Å²) in [5.74, 6) is -0.798. The topological polar surface area (TPSA) is 77.9 Å². The Morgan fingerprint density at radius 2 is 1.80 bits per heavy atom. The van der Waals surface area contributed by atoms with Crippen molar-refractivity contribution >= 4 is 15.8 Å². The van der Waals surface area contributed by atoms with Crippen LogP contribution < -0.4 is 0 Å². The zero-order valence-electron chi connectivity index (χ0n) is 12.2. The van der Waals surface area contributed by atoms with Gasteiger partial charge in [-0.25, -0.2) is 8.42 Å². The quantitative estimate of drug-likeness (QED) is 0.790. The molecule has 1 heterocycles. The minimum absolute atomic E-state index is 0.118. The van der Waals surface area contributed by atoms with Crippen LogP contribution in [0.4, 0.5) is 0 Å². The average molecular weight is 304 g/mol. The normalized spacial score (nSPS) is 31.3. The van der Waals surface area contributed by atoms with E-state index in [0.717, 1.165) is 32.4 Å². The number of carboxylic acids is 1. The van der Waals surface area contributed by atoms with Gasteiger partial charge in [-0.2, -0.15) is 0 Å². The molecule has 1 N–H and O–H groups in total. The molecule has 2 fully saturated rings. The molecule has 1 aliphatic heterocycles. The largest absolute Gasteiger partial charge is 0.480 e. The molecule has 0 aromatic heterocycles. The molecule has 3 atom stereocenters. The zero-order chi connectivity index (χ0) is 14.9. The van der Waals surface area contributed by atoms with Gasteiger partial charge in [0.15, 0.2) is 9.84 Å². The number of carbonyl (C=O) groups is 1. The Balaban J connectivity index is 1.95. The van der Waals surface area contributed by atoms with Crippen LogP contribution in [0.1, 0.15) is 26.2 Å². The van der Waals surface area contributed by atoms with E-state index in [1.54, 1.807) is 6.92 Å². The predicted molar refractivity (Wildman–Crippen MR) is 76.5 cm³/mol. The van der Waals surface area contributed by atoms with E-state index < -0.39 is 21.8 Å². The fourth-order valence-corrected chi connectivity index (χ4v) is 4.91. The molecule has 116 valence electrons. The van der Waals surface area contributed by atoms with E-state index in [2.05, 4.69) is 4.90 Å². The second-order valence-electron chi connectivity index (χ2n) is 5.95. The highest BCUT2D eigenvalue weighted by Crippen LogP contribution is 2.30. The molecule has 1 saturated heterocycles. The van der Waals surface area contributed by atoms with Crippen LogP contribution in [0.2, 0.25) is 0 Å². The van der Waals surface area contributed by atoms with Crippen LogP contribution in [-0.4, -0.2) is 79.1 Å². The van der Waals surface area contributed by atoms with Crippen molar-refractivity contribution in [1.29, 1.82) is 0 Å². The summed E-state index contributed by atoms with van der Waals surface area (Å²) in [5.41, 5.74) is 0. The number of hydrogen-bond acceptors (Lipinski definition) is 5. The molecular weight excluding hydrogens is 280 g/mol. The number of carboxylic acid groups (broad SMARTS) is 1. The van der Waals surface area contributed by atoms with E-state index in [1.165, 1.54) is 6.26 Å². The highest BCUT2D eigenvalue weighted by molar-refractivity contribution is 7.91. The van der Waals surface area contributed by atoms with E-state index in [9.17, 15) is 13.2 Å². The Hall–Kier alpha value is -0.660. The van der Waals surface area contributed by atoms with Gasteiger partial charge in [0.1, 0.15) is 6.04 Å². The minimum atomic E-state index is -2.99. The fourth-order valence-electron chi connectivity index (χ4n) is 3.44. The molecule has 0 bridgehead atoms. The molecule has 0 radical (unpaired) electrons. The Morgan fingerprint density at radius 1 is 1.20 bits per heavy atom. The number of piperazine rings is 1. The molecule has 0 spiro atoms. The highest BCUT2D eigenvalue weighted by atomic mass is 32.2. The van der Waals surface area contributed by atoms with E-state index in [-0.39, 0.29) is 11.3 Å². The lowest BCUT2D eigenvalue weighted by molar-refractivity contribution is -0.143.